The standard InChI is InChI=1S/C14H28OSi.C10H20.2CH3.2ClH.Zr/c1-16(2,3)15-11-10-13-9-8-12-6-4-5-7-14(12)13;1-6-7(2)9(4)10(5)8(6)3;;;;;/h12-14H,4-11H2,1-3H3;6-10H,1-5H3;2*1H3;2*1H;/q;;2*-1;;;+4/p-2. The van der Waals surface area contributed by atoms with Gasteiger partial charge in [-0.15, -0.1) is 0 Å². The van der Waals surface area contributed by atoms with Crippen LogP contribution in [0.3, 0.4) is 0 Å². The second kappa shape index (κ2) is 17.1. The molecule has 186 valence electrons. The zero-order chi connectivity index (χ0) is 22.2. The van der Waals surface area contributed by atoms with Gasteiger partial charge in [-0.25, -0.2) is 0 Å². The fourth-order valence-corrected chi connectivity index (χ4v) is 6.86. The van der Waals surface area contributed by atoms with Crippen LogP contribution >= 0.6 is 17.0 Å². The van der Waals surface area contributed by atoms with Crippen LogP contribution in [-0.2, 0) is 25.3 Å². The first-order valence-corrected chi connectivity index (χ1v) is 21.9. The molecular formula is C26H54Cl2OSiZr. The first-order valence-electron chi connectivity index (χ1n) is 12.1. The summed E-state index contributed by atoms with van der Waals surface area (Å²) in [5.41, 5.74) is 0. The molecule has 3 atom stereocenters. The van der Waals surface area contributed by atoms with Crippen LogP contribution in [0.5, 0.6) is 0 Å². The Morgan fingerprint density at radius 2 is 1.16 bits per heavy atom. The summed E-state index contributed by atoms with van der Waals surface area (Å²) in [5.74, 6) is 7.83. The summed E-state index contributed by atoms with van der Waals surface area (Å²) in [6.07, 6.45) is 10.4. The van der Waals surface area contributed by atoms with Gasteiger partial charge in [-0.2, -0.15) is 0 Å². The van der Waals surface area contributed by atoms with E-state index in [2.05, 4.69) is 54.3 Å². The third-order valence-corrected chi connectivity index (χ3v) is 9.72. The predicted molar refractivity (Wildman–Crippen MR) is 142 cm³/mol. The van der Waals surface area contributed by atoms with Gasteiger partial charge < -0.3 is 19.3 Å². The summed E-state index contributed by atoms with van der Waals surface area (Å²) in [7, 11) is 8.60. The Labute approximate surface area is 217 Å². The molecule has 3 rings (SSSR count). The van der Waals surface area contributed by atoms with Gasteiger partial charge in [0, 0.05) is 6.61 Å². The van der Waals surface area contributed by atoms with Crippen LogP contribution in [0.25, 0.3) is 0 Å². The van der Waals surface area contributed by atoms with Crippen molar-refractivity contribution >= 4 is 25.3 Å². The third kappa shape index (κ3) is 11.7. The van der Waals surface area contributed by atoms with Crippen molar-refractivity contribution in [2.75, 3.05) is 6.61 Å². The van der Waals surface area contributed by atoms with E-state index in [1.165, 1.54) is 44.9 Å². The number of hydrogen-bond donors (Lipinski definition) is 0. The molecule has 0 aromatic carbocycles. The molecule has 0 N–H and O–H groups in total. The Kier molecular flexibility index (Phi) is 19.2. The quantitative estimate of drug-likeness (QED) is 0.241. The molecule has 3 aliphatic rings. The second-order valence-electron chi connectivity index (χ2n) is 11.2. The number of halogens is 2. The molecule has 0 aromatic heterocycles. The average molecular weight is 573 g/mol. The van der Waals surface area contributed by atoms with Crippen molar-refractivity contribution in [2.24, 2.45) is 47.3 Å². The Hall–Kier alpha value is 1.64. The van der Waals surface area contributed by atoms with Gasteiger partial charge in [-0.05, 0) is 92.7 Å². The van der Waals surface area contributed by atoms with E-state index in [-0.39, 0.29) is 14.9 Å². The molecule has 0 saturated heterocycles. The van der Waals surface area contributed by atoms with Crippen molar-refractivity contribution in [3.63, 3.8) is 0 Å². The first kappa shape index (κ1) is 34.8. The van der Waals surface area contributed by atoms with Crippen molar-refractivity contribution < 1.29 is 25.3 Å². The summed E-state index contributed by atoms with van der Waals surface area (Å²) < 4.78 is 6.01. The van der Waals surface area contributed by atoms with Gasteiger partial charge in [0.25, 0.3) is 0 Å². The second-order valence-corrected chi connectivity index (χ2v) is 19.4. The molecule has 5 heteroatoms. The Morgan fingerprint density at radius 1 is 0.742 bits per heavy atom. The van der Waals surface area contributed by atoms with E-state index in [0.717, 1.165) is 54.0 Å². The van der Waals surface area contributed by atoms with Crippen LogP contribution < -0.4 is 0 Å². The SMILES string of the molecule is CC1C(C)C(C)C(C)C1C.C[Si](C)(C)OCCC1CCC2CCCCC21.[CH3-].[CH3-].[Cl][Zr+2][Cl]. The zero-order valence-electron chi connectivity index (χ0n) is 22.4. The van der Waals surface area contributed by atoms with E-state index in [4.69, 9.17) is 21.5 Å². The molecule has 3 aliphatic carbocycles. The fourth-order valence-electron chi connectivity index (χ4n) is 6.13. The summed E-state index contributed by atoms with van der Waals surface area (Å²) in [6, 6.07) is 0. The third-order valence-electron chi connectivity index (χ3n) is 8.65. The maximum atomic E-state index is 6.01. The Morgan fingerprint density at radius 3 is 1.58 bits per heavy atom. The summed E-state index contributed by atoms with van der Waals surface area (Å²) in [6.45, 7) is 19.9. The monoisotopic (exact) mass is 570 g/mol. The molecule has 1 nitrogen and oxygen atoms in total. The van der Waals surface area contributed by atoms with E-state index in [0.29, 0.717) is 0 Å². The van der Waals surface area contributed by atoms with Crippen LogP contribution in [0.2, 0.25) is 19.6 Å². The molecule has 3 saturated carbocycles. The Bertz CT molecular complexity index is 401. The number of fused-ring (bicyclic) bond motifs is 1. The molecule has 3 fully saturated rings. The molecule has 0 heterocycles. The van der Waals surface area contributed by atoms with Crippen molar-refractivity contribution in [2.45, 2.75) is 99.2 Å². The minimum absolute atomic E-state index is 0. The molecule has 0 aliphatic heterocycles. The molecule has 0 amide bonds. The van der Waals surface area contributed by atoms with Crippen LogP contribution in [0.4, 0.5) is 0 Å². The van der Waals surface area contributed by atoms with Gasteiger partial charge in [-0.3, -0.25) is 0 Å². The number of rotatable bonds is 4. The van der Waals surface area contributed by atoms with Gasteiger partial charge in [-0.1, -0.05) is 53.9 Å². The van der Waals surface area contributed by atoms with Crippen LogP contribution in [0, 0.1) is 62.2 Å². The van der Waals surface area contributed by atoms with E-state index in [1.807, 2.05) is 0 Å². The van der Waals surface area contributed by atoms with Gasteiger partial charge in [0.1, 0.15) is 0 Å². The summed E-state index contributed by atoms with van der Waals surface area (Å²) in [4.78, 5) is 0. The van der Waals surface area contributed by atoms with Gasteiger partial charge in [0.15, 0.2) is 8.32 Å². The van der Waals surface area contributed by atoms with E-state index >= 15 is 0 Å². The molecule has 0 radical (unpaired) electrons. The van der Waals surface area contributed by atoms with E-state index in [9.17, 15) is 0 Å². The van der Waals surface area contributed by atoms with Crippen molar-refractivity contribution in [1.29, 1.82) is 0 Å². The summed E-state index contributed by atoms with van der Waals surface area (Å²) in [5, 5.41) is 0. The minimum atomic E-state index is -1.27. The maximum absolute atomic E-state index is 6.01. The average Bonchev–Trinajstić information content (AvgIpc) is 3.14. The fraction of sp³-hybridized carbons (Fsp3) is 0.923. The molecule has 0 spiro atoms. The van der Waals surface area contributed by atoms with Gasteiger partial charge in [0.2, 0.25) is 0 Å². The molecule has 3 unspecified atom stereocenters. The first-order chi connectivity index (χ1) is 13.5. The molecular weight excluding hydrogens is 519 g/mol. The molecule has 0 bridgehead atoms. The van der Waals surface area contributed by atoms with Crippen LogP contribution in [0.15, 0.2) is 0 Å². The zero-order valence-corrected chi connectivity index (χ0v) is 27.4. The normalized spacial score (nSPS) is 36.3. The van der Waals surface area contributed by atoms with Crippen molar-refractivity contribution in [1.82, 2.24) is 0 Å². The number of hydrogen-bond acceptors (Lipinski definition) is 1. The molecule has 31 heavy (non-hydrogen) atoms. The van der Waals surface area contributed by atoms with Crippen LogP contribution in [-0.4, -0.2) is 14.9 Å². The van der Waals surface area contributed by atoms with Crippen molar-refractivity contribution in [3.8, 4) is 0 Å². The topological polar surface area (TPSA) is 9.23 Å². The predicted octanol–water partition coefficient (Wildman–Crippen LogP) is 9.90. The van der Waals surface area contributed by atoms with Crippen molar-refractivity contribution in [3.05, 3.63) is 14.9 Å². The van der Waals surface area contributed by atoms with E-state index < -0.39 is 29.2 Å². The van der Waals surface area contributed by atoms with Gasteiger partial charge >= 0.3 is 37.9 Å². The van der Waals surface area contributed by atoms with Crippen LogP contribution in [0.1, 0.15) is 79.6 Å². The van der Waals surface area contributed by atoms with E-state index in [1.54, 1.807) is 0 Å². The Balaban J connectivity index is 0. The van der Waals surface area contributed by atoms with Gasteiger partial charge in [0.05, 0.1) is 0 Å². The molecule has 0 aromatic rings. The summed E-state index contributed by atoms with van der Waals surface area (Å²) >= 11 is -0.826.